The number of carbonyl (C=O) groups is 1. The van der Waals surface area contributed by atoms with E-state index in [2.05, 4.69) is 10.6 Å². The molecule has 0 bridgehead atoms. The topological polar surface area (TPSA) is 61.4 Å². The summed E-state index contributed by atoms with van der Waals surface area (Å²) in [6, 6.07) is -0.212. The molecule has 0 aliphatic carbocycles. The van der Waals surface area contributed by atoms with E-state index in [9.17, 15) is 9.90 Å². The van der Waals surface area contributed by atoms with Crippen LogP contribution in [0.1, 0.15) is 33.6 Å². The maximum Gasteiger partial charge on any atom is 0.314 e. The van der Waals surface area contributed by atoms with Crippen molar-refractivity contribution < 1.29 is 9.90 Å². The van der Waals surface area contributed by atoms with Crippen LogP contribution in [0.5, 0.6) is 0 Å². The van der Waals surface area contributed by atoms with Crippen LogP contribution in [0, 0.1) is 0 Å². The average Bonchev–Trinajstić information content (AvgIpc) is 2.11. The Morgan fingerprint density at radius 2 is 2.00 bits per heavy atom. The van der Waals surface area contributed by atoms with Crippen LogP contribution in [0.15, 0.2) is 0 Å². The predicted octanol–water partition coefficient (Wildman–Crippen LogP) is 0.857. The predicted molar refractivity (Wildman–Crippen MR) is 52.6 cm³/mol. The summed E-state index contributed by atoms with van der Waals surface area (Å²) in [4.78, 5) is 11.0. The van der Waals surface area contributed by atoms with E-state index in [1.807, 2.05) is 13.8 Å². The van der Waals surface area contributed by atoms with Crippen LogP contribution < -0.4 is 10.6 Å². The monoisotopic (exact) mass is 188 g/mol. The molecule has 0 spiro atoms. The molecule has 0 aromatic rings. The molecule has 78 valence electrons. The molecule has 0 saturated heterocycles. The van der Waals surface area contributed by atoms with Gasteiger partial charge in [-0.3, -0.25) is 0 Å². The smallest absolute Gasteiger partial charge is 0.314 e. The zero-order valence-electron chi connectivity index (χ0n) is 8.68. The van der Waals surface area contributed by atoms with Crippen LogP contribution in [-0.4, -0.2) is 29.8 Å². The third kappa shape index (κ3) is 6.40. The van der Waals surface area contributed by atoms with Crippen molar-refractivity contribution in [2.75, 3.05) is 13.1 Å². The third-order valence-corrected chi connectivity index (χ3v) is 1.93. The second kappa shape index (κ2) is 5.80. The largest absolute Gasteiger partial charge is 0.388 e. The van der Waals surface area contributed by atoms with E-state index < -0.39 is 5.60 Å². The zero-order chi connectivity index (χ0) is 10.3. The van der Waals surface area contributed by atoms with Crippen LogP contribution in [0.25, 0.3) is 0 Å². The van der Waals surface area contributed by atoms with E-state index in [0.29, 0.717) is 19.5 Å². The van der Waals surface area contributed by atoms with Crippen molar-refractivity contribution >= 4 is 6.03 Å². The summed E-state index contributed by atoms with van der Waals surface area (Å²) in [6.45, 7) is 6.53. The molecule has 0 saturated carbocycles. The number of amides is 2. The summed E-state index contributed by atoms with van der Waals surface area (Å²) in [5.74, 6) is 0. The standard InChI is InChI=1S/C9H20N2O2/c1-4-6-10-8(12)11-7-9(3,13)5-2/h13H,4-7H2,1-3H3,(H2,10,11,12). The summed E-state index contributed by atoms with van der Waals surface area (Å²) in [5.41, 5.74) is -0.802. The molecule has 0 aliphatic heterocycles. The first-order valence-electron chi connectivity index (χ1n) is 4.76. The van der Waals surface area contributed by atoms with E-state index in [0.717, 1.165) is 6.42 Å². The van der Waals surface area contributed by atoms with Gasteiger partial charge in [0, 0.05) is 13.1 Å². The van der Waals surface area contributed by atoms with Crippen LogP contribution in [0.2, 0.25) is 0 Å². The van der Waals surface area contributed by atoms with Gasteiger partial charge in [0.15, 0.2) is 0 Å². The Balaban J connectivity index is 3.57. The van der Waals surface area contributed by atoms with Crippen molar-refractivity contribution in [2.24, 2.45) is 0 Å². The fourth-order valence-electron chi connectivity index (χ4n) is 0.697. The summed E-state index contributed by atoms with van der Waals surface area (Å²) in [5, 5.41) is 14.8. The second-order valence-electron chi connectivity index (χ2n) is 3.46. The lowest BCUT2D eigenvalue weighted by Crippen LogP contribution is -2.44. The van der Waals surface area contributed by atoms with Gasteiger partial charge in [0.2, 0.25) is 0 Å². The van der Waals surface area contributed by atoms with Crippen molar-refractivity contribution in [3.8, 4) is 0 Å². The van der Waals surface area contributed by atoms with Crippen molar-refractivity contribution in [1.82, 2.24) is 10.6 Å². The SMILES string of the molecule is CCCNC(=O)NCC(C)(O)CC. The van der Waals surface area contributed by atoms with Gasteiger partial charge in [-0.25, -0.2) is 4.79 Å². The van der Waals surface area contributed by atoms with E-state index in [4.69, 9.17) is 0 Å². The molecule has 13 heavy (non-hydrogen) atoms. The first kappa shape index (κ1) is 12.2. The number of hydrogen-bond donors (Lipinski definition) is 3. The van der Waals surface area contributed by atoms with Gasteiger partial charge in [0.05, 0.1) is 5.60 Å². The molecule has 2 amide bonds. The Labute approximate surface area is 79.7 Å². The Morgan fingerprint density at radius 1 is 1.38 bits per heavy atom. The highest BCUT2D eigenvalue weighted by atomic mass is 16.3. The lowest BCUT2D eigenvalue weighted by atomic mass is 10.0. The molecule has 0 aromatic carbocycles. The highest BCUT2D eigenvalue weighted by Gasteiger charge is 2.17. The van der Waals surface area contributed by atoms with E-state index in [1.54, 1.807) is 6.92 Å². The minimum Gasteiger partial charge on any atom is -0.388 e. The maximum atomic E-state index is 11.0. The molecule has 0 fully saturated rings. The van der Waals surface area contributed by atoms with Gasteiger partial charge in [-0.05, 0) is 19.8 Å². The van der Waals surface area contributed by atoms with Crippen LogP contribution in [0.3, 0.4) is 0 Å². The van der Waals surface area contributed by atoms with Crippen LogP contribution in [0.4, 0.5) is 4.79 Å². The molecule has 0 radical (unpaired) electrons. The molecular formula is C9H20N2O2. The van der Waals surface area contributed by atoms with Gasteiger partial charge >= 0.3 is 6.03 Å². The minimum absolute atomic E-state index is 0.212. The number of nitrogens with one attached hydrogen (secondary N) is 2. The quantitative estimate of drug-likeness (QED) is 0.599. The van der Waals surface area contributed by atoms with Crippen molar-refractivity contribution in [1.29, 1.82) is 0 Å². The normalized spacial score (nSPS) is 14.8. The molecule has 0 aromatic heterocycles. The average molecular weight is 188 g/mol. The van der Waals surface area contributed by atoms with E-state index in [-0.39, 0.29) is 6.03 Å². The molecule has 3 N–H and O–H groups in total. The third-order valence-electron chi connectivity index (χ3n) is 1.93. The molecule has 1 atom stereocenters. The molecule has 0 aliphatic rings. The maximum absolute atomic E-state index is 11.0. The number of hydrogen-bond acceptors (Lipinski definition) is 2. The number of carbonyl (C=O) groups excluding carboxylic acids is 1. The molecular weight excluding hydrogens is 168 g/mol. The number of aliphatic hydroxyl groups is 1. The Hall–Kier alpha value is -0.770. The minimum atomic E-state index is -0.802. The molecule has 1 unspecified atom stereocenters. The van der Waals surface area contributed by atoms with Crippen molar-refractivity contribution in [2.45, 2.75) is 39.2 Å². The summed E-state index contributed by atoms with van der Waals surface area (Å²) in [7, 11) is 0. The molecule has 4 heteroatoms. The second-order valence-corrected chi connectivity index (χ2v) is 3.46. The van der Waals surface area contributed by atoms with E-state index in [1.165, 1.54) is 0 Å². The van der Waals surface area contributed by atoms with Crippen molar-refractivity contribution in [3.05, 3.63) is 0 Å². The van der Waals surface area contributed by atoms with Gasteiger partial charge in [-0.2, -0.15) is 0 Å². The van der Waals surface area contributed by atoms with Gasteiger partial charge in [0.1, 0.15) is 0 Å². The first-order chi connectivity index (χ1) is 6.02. The summed E-state index contributed by atoms with van der Waals surface area (Å²) >= 11 is 0. The number of rotatable bonds is 5. The Bertz CT molecular complexity index is 158. The van der Waals surface area contributed by atoms with Gasteiger partial charge in [-0.15, -0.1) is 0 Å². The van der Waals surface area contributed by atoms with E-state index >= 15 is 0 Å². The first-order valence-corrected chi connectivity index (χ1v) is 4.76. The lowest BCUT2D eigenvalue weighted by molar-refractivity contribution is 0.0582. The van der Waals surface area contributed by atoms with Crippen LogP contribution >= 0.6 is 0 Å². The molecule has 0 heterocycles. The zero-order valence-corrected chi connectivity index (χ0v) is 8.68. The lowest BCUT2D eigenvalue weighted by Gasteiger charge is -2.21. The van der Waals surface area contributed by atoms with Gasteiger partial charge in [0.25, 0.3) is 0 Å². The molecule has 0 rings (SSSR count). The Kier molecular flexibility index (Phi) is 5.46. The fraction of sp³-hybridized carbons (Fsp3) is 0.889. The van der Waals surface area contributed by atoms with Crippen LogP contribution in [-0.2, 0) is 0 Å². The highest BCUT2D eigenvalue weighted by molar-refractivity contribution is 5.73. The van der Waals surface area contributed by atoms with Crippen molar-refractivity contribution in [3.63, 3.8) is 0 Å². The summed E-state index contributed by atoms with van der Waals surface area (Å²) in [6.07, 6.45) is 1.54. The van der Waals surface area contributed by atoms with Gasteiger partial charge in [-0.1, -0.05) is 13.8 Å². The summed E-state index contributed by atoms with van der Waals surface area (Å²) < 4.78 is 0. The molecule has 4 nitrogen and oxygen atoms in total. The highest BCUT2D eigenvalue weighted by Crippen LogP contribution is 2.05. The number of urea groups is 1. The fourth-order valence-corrected chi connectivity index (χ4v) is 0.697. The van der Waals surface area contributed by atoms with Gasteiger partial charge < -0.3 is 15.7 Å². The Morgan fingerprint density at radius 3 is 2.46 bits per heavy atom.